The largest absolute Gasteiger partial charge is 0.339 e. The number of carbonyl (C=O) groups excluding carboxylic acids is 1. The third kappa shape index (κ3) is 4.19. The maximum atomic E-state index is 13.3. The van der Waals surface area contributed by atoms with Crippen molar-refractivity contribution in [1.82, 2.24) is 18.8 Å². The molecule has 158 valence electrons. The number of nitrogens with zero attached hydrogens (tertiary/aromatic N) is 4. The zero-order chi connectivity index (χ0) is 20.6. The molecule has 0 aliphatic carbocycles. The van der Waals surface area contributed by atoms with Crippen molar-refractivity contribution in [3.05, 3.63) is 35.2 Å². The van der Waals surface area contributed by atoms with Gasteiger partial charge < -0.3 is 4.90 Å². The lowest BCUT2D eigenvalue weighted by molar-refractivity contribution is 0.0763. The first-order valence-corrected chi connectivity index (χ1v) is 12.4. The number of carbonyl (C=O) groups is 1. The Morgan fingerprint density at radius 3 is 2.34 bits per heavy atom. The van der Waals surface area contributed by atoms with Crippen molar-refractivity contribution in [2.45, 2.75) is 51.4 Å². The fourth-order valence-corrected chi connectivity index (χ4v) is 5.52. The minimum absolute atomic E-state index is 0.0865. The van der Waals surface area contributed by atoms with Gasteiger partial charge in [0.15, 0.2) is 0 Å². The molecule has 2 aliphatic heterocycles. The lowest BCUT2D eigenvalue weighted by atomic mass is 9.90. The van der Waals surface area contributed by atoms with Crippen molar-refractivity contribution >= 4 is 21.4 Å². The van der Waals surface area contributed by atoms with Gasteiger partial charge in [0.2, 0.25) is 10.0 Å². The van der Waals surface area contributed by atoms with E-state index < -0.39 is 10.0 Å². The summed E-state index contributed by atoms with van der Waals surface area (Å²) in [4.78, 5) is 15.3. The highest BCUT2D eigenvalue weighted by atomic mass is 32.2. The highest BCUT2D eigenvalue weighted by Crippen LogP contribution is 2.31. The number of piperidine rings is 1. The second-order valence-corrected chi connectivity index (χ2v) is 10.4. The molecular formula is C21H30N4O3S. The fourth-order valence-electron chi connectivity index (χ4n) is 4.65. The number of aromatic nitrogens is 2. The van der Waals surface area contributed by atoms with Crippen LogP contribution < -0.4 is 0 Å². The molecule has 4 rings (SSSR count). The van der Waals surface area contributed by atoms with E-state index in [1.807, 2.05) is 18.0 Å². The van der Waals surface area contributed by atoms with E-state index in [1.165, 1.54) is 19.1 Å². The summed E-state index contributed by atoms with van der Waals surface area (Å²) in [5, 5.41) is 4.56. The molecule has 2 aliphatic rings. The van der Waals surface area contributed by atoms with E-state index in [2.05, 4.69) is 17.2 Å². The van der Waals surface area contributed by atoms with Gasteiger partial charge >= 0.3 is 0 Å². The van der Waals surface area contributed by atoms with Crippen molar-refractivity contribution in [2.24, 2.45) is 0 Å². The van der Waals surface area contributed by atoms with Crippen LogP contribution in [0.2, 0.25) is 0 Å². The van der Waals surface area contributed by atoms with Gasteiger partial charge in [0, 0.05) is 32.4 Å². The molecule has 2 saturated heterocycles. The Labute approximate surface area is 172 Å². The summed E-state index contributed by atoms with van der Waals surface area (Å²) in [6.45, 7) is 4.64. The lowest BCUT2D eigenvalue weighted by Gasteiger charge is -2.30. The third-order valence-electron chi connectivity index (χ3n) is 6.34. The number of fused-ring (bicyclic) bond motifs is 1. The zero-order valence-electron chi connectivity index (χ0n) is 17.3. The van der Waals surface area contributed by atoms with E-state index in [-0.39, 0.29) is 5.91 Å². The van der Waals surface area contributed by atoms with Gasteiger partial charge in [-0.3, -0.25) is 4.79 Å². The Morgan fingerprint density at radius 1 is 1.07 bits per heavy atom. The van der Waals surface area contributed by atoms with Crippen LogP contribution in [-0.2, 0) is 10.0 Å². The fraction of sp³-hybridized carbons (Fsp3) is 0.619. The van der Waals surface area contributed by atoms with Crippen LogP contribution in [-0.4, -0.2) is 65.6 Å². The highest BCUT2D eigenvalue weighted by molar-refractivity contribution is 7.88. The topological polar surface area (TPSA) is 75.0 Å². The molecule has 0 radical (unpaired) electrons. The molecule has 0 spiro atoms. The first-order valence-electron chi connectivity index (χ1n) is 10.6. The predicted molar refractivity (Wildman–Crippen MR) is 113 cm³/mol. The standard InChI is InChI=1S/C21H30N4O3S/c1-16-20(21(26)23-10-5-3-4-6-11-23)19-15-18(9-14-25(19)22-16)17-7-12-24(13-8-17)29(2,27)28/h9,14-15,17H,3-8,10-13H2,1-2H3. The summed E-state index contributed by atoms with van der Waals surface area (Å²) >= 11 is 0. The number of hydrogen-bond donors (Lipinski definition) is 0. The molecule has 2 fully saturated rings. The number of rotatable bonds is 3. The van der Waals surface area contributed by atoms with Crippen LogP contribution in [0.3, 0.4) is 0 Å². The molecule has 0 N–H and O–H groups in total. The third-order valence-corrected chi connectivity index (χ3v) is 7.64. The molecule has 2 aromatic heterocycles. The molecule has 0 atom stereocenters. The normalized spacial score (nSPS) is 20.1. The van der Waals surface area contributed by atoms with Crippen molar-refractivity contribution in [3.8, 4) is 0 Å². The van der Waals surface area contributed by atoms with Crippen molar-refractivity contribution < 1.29 is 13.2 Å². The number of likely N-dealkylation sites (tertiary alicyclic amines) is 1. The van der Waals surface area contributed by atoms with Crippen LogP contribution in [0.15, 0.2) is 18.3 Å². The lowest BCUT2D eigenvalue weighted by Crippen LogP contribution is -2.37. The Hall–Kier alpha value is -1.93. The summed E-state index contributed by atoms with van der Waals surface area (Å²) in [7, 11) is -3.13. The van der Waals surface area contributed by atoms with Gasteiger partial charge in [0.25, 0.3) is 5.91 Å². The first-order chi connectivity index (χ1) is 13.8. The first kappa shape index (κ1) is 20.3. The summed E-state index contributed by atoms with van der Waals surface area (Å²) in [5.74, 6) is 0.387. The van der Waals surface area contributed by atoms with Gasteiger partial charge in [-0.15, -0.1) is 0 Å². The Kier molecular flexibility index (Phi) is 5.66. The van der Waals surface area contributed by atoms with Crippen LogP contribution in [0.25, 0.3) is 5.52 Å². The summed E-state index contributed by atoms with van der Waals surface area (Å²) in [5.41, 5.74) is 3.50. The Bertz CT molecular complexity index is 998. The second-order valence-electron chi connectivity index (χ2n) is 8.39. The molecule has 2 aromatic rings. The molecular weight excluding hydrogens is 388 g/mol. The number of aryl methyl sites for hydroxylation is 1. The van der Waals surface area contributed by atoms with Crippen molar-refractivity contribution in [3.63, 3.8) is 0 Å². The quantitative estimate of drug-likeness (QED) is 0.768. The number of pyridine rings is 1. The van der Waals surface area contributed by atoms with E-state index in [0.29, 0.717) is 24.6 Å². The van der Waals surface area contributed by atoms with Gasteiger partial charge in [0.05, 0.1) is 23.0 Å². The summed E-state index contributed by atoms with van der Waals surface area (Å²) in [6.07, 6.45) is 9.30. The average Bonchev–Trinajstić information content (AvgIpc) is 2.85. The smallest absolute Gasteiger partial charge is 0.257 e. The van der Waals surface area contributed by atoms with Crippen LogP contribution in [0.5, 0.6) is 0 Å². The van der Waals surface area contributed by atoms with Crippen molar-refractivity contribution in [2.75, 3.05) is 32.4 Å². The zero-order valence-corrected chi connectivity index (χ0v) is 18.1. The predicted octanol–water partition coefficient (Wildman–Crippen LogP) is 2.80. The minimum Gasteiger partial charge on any atom is -0.339 e. The summed E-state index contributed by atoms with van der Waals surface area (Å²) < 4.78 is 26.9. The van der Waals surface area contributed by atoms with Gasteiger partial charge in [0.1, 0.15) is 0 Å². The monoisotopic (exact) mass is 418 g/mol. The number of amides is 1. The number of hydrogen-bond acceptors (Lipinski definition) is 4. The van der Waals surface area contributed by atoms with Gasteiger partial charge in [-0.25, -0.2) is 17.2 Å². The molecule has 0 unspecified atom stereocenters. The van der Waals surface area contributed by atoms with E-state index >= 15 is 0 Å². The Balaban J connectivity index is 1.61. The Morgan fingerprint density at radius 2 is 1.72 bits per heavy atom. The average molecular weight is 419 g/mol. The van der Waals surface area contributed by atoms with Crippen LogP contribution in [0, 0.1) is 6.92 Å². The van der Waals surface area contributed by atoms with Crippen LogP contribution in [0.1, 0.15) is 66.1 Å². The molecule has 29 heavy (non-hydrogen) atoms. The van der Waals surface area contributed by atoms with Gasteiger partial charge in [-0.1, -0.05) is 12.8 Å². The number of sulfonamides is 1. The van der Waals surface area contributed by atoms with Crippen LogP contribution >= 0.6 is 0 Å². The van der Waals surface area contributed by atoms with Gasteiger partial charge in [-0.2, -0.15) is 5.10 Å². The van der Waals surface area contributed by atoms with E-state index in [0.717, 1.165) is 55.5 Å². The SMILES string of the molecule is Cc1nn2ccc(C3CCN(S(C)(=O)=O)CC3)cc2c1C(=O)N1CCCCCC1. The molecule has 8 heteroatoms. The summed E-state index contributed by atoms with van der Waals surface area (Å²) in [6, 6.07) is 4.15. The van der Waals surface area contributed by atoms with E-state index in [1.54, 1.807) is 8.82 Å². The van der Waals surface area contributed by atoms with E-state index in [9.17, 15) is 13.2 Å². The van der Waals surface area contributed by atoms with Gasteiger partial charge in [-0.05, 0) is 56.2 Å². The van der Waals surface area contributed by atoms with E-state index in [4.69, 9.17) is 0 Å². The maximum Gasteiger partial charge on any atom is 0.257 e. The second kappa shape index (κ2) is 8.07. The molecule has 1 amide bonds. The van der Waals surface area contributed by atoms with Crippen molar-refractivity contribution in [1.29, 1.82) is 0 Å². The minimum atomic E-state index is -3.13. The molecule has 0 saturated carbocycles. The molecule has 0 aromatic carbocycles. The molecule has 7 nitrogen and oxygen atoms in total. The highest BCUT2D eigenvalue weighted by Gasteiger charge is 2.28. The van der Waals surface area contributed by atoms with Crippen LogP contribution in [0.4, 0.5) is 0 Å². The molecule has 0 bridgehead atoms. The maximum absolute atomic E-state index is 13.3. The molecule has 4 heterocycles.